The molecule has 0 spiro atoms. The Balaban J connectivity index is 0.000000177. The first-order valence-electron chi connectivity index (χ1n) is 18.2. The van der Waals surface area contributed by atoms with E-state index in [1.807, 2.05) is 60.7 Å². The third-order valence-electron chi connectivity index (χ3n) is 9.30. The summed E-state index contributed by atoms with van der Waals surface area (Å²) in [4.78, 5) is 10.1. The van der Waals surface area contributed by atoms with Gasteiger partial charge in [-0.1, -0.05) is 60.7 Å². The molecule has 0 bridgehead atoms. The average molecular weight is 821 g/mol. The minimum absolute atomic E-state index is 0.239. The Labute approximate surface area is 329 Å². The third kappa shape index (κ3) is 11.3. The Morgan fingerprint density at radius 3 is 0.712 bits per heavy atom. The molecule has 0 heterocycles. The quantitative estimate of drug-likeness (QED) is 0.177. The molecule has 0 saturated heterocycles. The second-order valence-electron chi connectivity index (χ2n) is 14.4. The first-order chi connectivity index (χ1) is 24.6. The molecule has 6 aromatic carbocycles. The molecule has 0 aliphatic rings. The van der Waals surface area contributed by atoms with Crippen LogP contribution in [0.5, 0.6) is 0 Å². The van der Waals surface area contributed by atoms with E-state index in [4.69, 9.17) is 0 Å². The van der Waals surface area contributed by atoms with Crippen molar-refractivity contribution < 1.29 is 4.80 Å². The monoisotopic (exact) mass is 823 g/mol. The molecule has 0 aliphatic heterocycles. The smallest absolute Gasteiger partial charge is 0.280 e. The van der Waals surface area contributed by atoms with Gasteiger partial charge in [-0.2, -0.15) is 0 Å². The van der Waals surface area contributed by atoms with Gasteiger partial charge in [-0.15, -0.1) is 0 Å². The van der Waals surface area contributed by atoms with E-state index in [2.05, 4.69) is 132 Å². The van der Waals surface area contributed by atoms with Gasteiger partial charge in [-0.25, -0.2) is 0 Å². The van der Waals surface area contributed by atoms with Crippen molar-refractivity contribution in [1.82, 2.24) is 0 Å². The second-order valence-corrected chi connectivity index (χ2v) is 21.5. The van der Waals surface area contributed by atoms with Crippen molar-refractivity contribution in [1.29, 1.82) is 0 Å². The van der Waals surface area contributed by atoms with E-state index in [-0.39, 0.29) is 30.9 Å². The summed E-state index contributed by atoms with van der Waals surface area (Å²) in [5.41, 5.74) is 17.3. The summed E-state index contributed by atoms with van der Waals surface area (Å²) in [6, 6.07) is 38.2. The zero-order valence-electron chi connectivity index (χ0n) is 33.3. The van der Waals surface area contributed by atoms with Crippen LogP contribution in [0.4, 0.5) is 0 Å². The van der Waals surface area contributed by atoms with Gasteiger partial charge < -0.3 is 4.80 Å². The second kappa shape index (κ2) is 19.1. The number of benzene rings is 6. The molecule has 6 rings (SSSR count). The van der Waals surface area contributed by atoms with E-state index in [0.29, 0.717) is 0 Å². The molecule has 0 aliphatic carbocycles. The van der Waals surface area contributed by atoms with Crippen LogP contribution < -0.4 is 28.0 Å². The van der Waals surface area contributed by atoms with Crippen molar-refractivity contribution in [3.8, 4) is 0 Å². The third-order valence-corrected chi connectivity index (χ3v) is 19.8. The fourth-order valence-corrected chi connectivity index (χ4v) is 14.0. The normalized spacial score (nSPS) is 10.7. The molecule has 0 atom stereocenters. The van der Waals surface area contributed by atoms with Crippen LogP contribution in [-0.4, -0.2) is 44.7 Å². The zero-order chi connectivity index (χ0) is 38.1. The fraction of sp³-hybridized carbons (Fsp3) is 0.250. The van der Waals surface area contributed by atoms with E-state index in [0.717, 1.165) is 10.4 Å². The Morgan fingerprint density at radius 2 is 0.519 bits per heavy atom. The topological polar surface area (TPSA) is 20.2 Å². The molecule has 0 saturated carbocycles. The Hall–Kier alpha value is -3.42. The number of hydrogen-bond donors (Lipinski definition) is 1. The predicted octanol–water partition coefficient (Wildman–Crippen LogP) is 7.17. The van der Waals surface area contributed by atoms with Crippen molar-refractivity contribution >= 4 is 67.9 Å². The molecule has 6 aromatic rings. The average Bonchev–Trinajstić information content (AvgIpc) is 3.07. The SMILES string of the molecule is Cc1cc(C)[c]([Ge][c]2c(C)cc(C)cc2C)c(C)c1.Cc1cc(C)[c]([Ge][c]2c(C)cc(C)cc2C)c(C)c1.O[Si](c1ccccc1)c1ccccc1. The molecule has 265 valence electrons. The van der Waals surface area contributed by atoms with E-state index >= 15 is 0 Å². The van der Waals surface area contributed by atoms with Crippen LogP contribution in [0, 0.1) is 83.1 Å². The Morgan fingerprint density at radius 1 is 0.327 bits per heavy atom. The van der Waals surface area contributed by atoms with Crippen molar-refractivity contribution in [2.24, 2.45) is 0 Å². The summed E-state index contributed by atoms with van der Waals surface area (Å²) in [7, 11) is -1.54. The first kappa shape index (κ1) is 41.3. The molecule has 1 N–H and O–H groups in total. The van der Waals surface area contributed by atoms with Crippen LogP contribution in [0.25, 0.3) is 0 Å². The number of aryl methyl sites for hydroxylation is 12. The number of hydrogen-bond acceptors (Lipinski definition) is 1. The molecule has 5 radical (unpaired) electrons. The first-order valence-corrected chi connectivity index (χ1v) is 23.8. The maximum Gasteiger partial charge on any atom is 0.280 e. The standard InChI is InChI=1S/2C18H22Ge.C12H11OSi/c2*1-11-7-13(3)17(14(4)8-11)19-18-15(5)9-12(2)10-16(18)6;13-14(11-7-3-1-4-8-11)12-9-5-2-6-10-12/h2*7-10H,1-6H3;1-10,13H. The van der Waals surface area contributed by atoms with Gasteiger partial charge in [0.2, 0.25) is 0 Å². The van der Waals surface area contributed by atoms with Gasteiger partial charge in [0.05, 0.1) is 0 Å². The molecule has 0 amide bonds. The van der Waals surface area contributed by atoms with Crippen LogP contribution in [0.15, 0.2) is 109 Å². The maximum atomic E-state index is 10.1. The minimum Gasteiger partial charge on any atom is -0.424 e. The zero-order valence-corrected chi connectivity index (χ0v) is 38.5. The fourth-order valence-electron chi connectivity index (χ4n) is 7.12. The van der Waals surface area contributed by atoms with Gasteiger partial charge in [0.1, 0.15) is 0 Å². The predicted molar refractivity (Wildman–Crippen MR) is 233 cm³/mol. The molecule has 1 nitrogen and oxygen atoms in total. The minimum atomic E-state index is -1.54. The molecule has 4 heteroatoms. The van der Waals surface area contributed by atoms with Crippen molar-refractivity contribution in [2.75, 3.05) is 0 Å². The number of rotatable bonds is 6. The molecular weight excluding hydrogens is 766 g/mol. The van der Waals surface area contributed by atoms with Crippen LogP contribution in [0.3, 0.4) is 0 Å². The molecule has 0 fully saturated rings. The van der Waals surface area contributed by atoms with E-state index in [9.17, 15) is 4.80 Å². The van der Waals surface area contributed by atoms with Gasteiger partial charge in [-0.3, -0.25) is 0 Å². The molecule has 0 aromatic heterocycles. The summed E-state index contributed by atoms with van der Waals surface area (Å²) in [6.07, 6.45) is 0. The van der Waals surface area contributed by atoms with Gasteiger partial charge in [-0.05, 0) is 10.4 Å². The van der Waals surface area contributed by atoms with Crippen LogP contribution in [0.2, 0.25) is 0 Å². The molecule has 0 unspecified atom stereocenters. The van der Waals surface area contributed by atoms with E-state index in [1.165, 1.54) is 66.8 Å². The summed E-state index contributed by atoms with van der Waals surface area (Å²) < 4.78 is 6.45. The van der Waals surface area contributed by atoms with Crippen LogP contribution in [-0.2, 0) is 0 Å². The van der Waals surface area contributed by atoms with Gasteiger partial charge in [0.15, 0.2) is 0 Å². The Bertz CT molecular complexity index is 1760. The maximum absolute atomic E-state index is 10.1. The van der Waals surface area contributed by atoms with Crippen molar-refractivity contribution in [2.45, 2.75) is 83.1 Å². The molecule has 52 heavy (non-hydrogen) atoms. The van der Waals surface area contributed by atoms with E-state index in [1.54, 1.807) is 17.6 Å². The summed E-state index contributed by atoms with van der Waals surface area (Å²) in [5.74, 6) is 0. The van der Waals surface area contributed by atoms with Crippen molar-refractivity contribution in [3.63, 3.8) is 0 Å². The summed E-state index contributed by atoms with van der Waals surface area (Å²) in [5, 5.41) is 2.06. The summed E-state index contributed by atoms with van der Waals surface area (Å²) >= 11 is -0.477. The van der Waals surface area contributed by atoms with Crippen LogP contribution >= 0.6 is 0 Å². The van der Waals surface area contributed by atoms with Gasteiger partial charge in [0, 0.05) is 0 Å². The van der Waals surface area contributed by atoms with Crippen molar-refractivity contribution in [3.05, 3.63) is 176 Å². The Kier molecular flexibility index (Phi) is 15.2. The largest absolute Gasteiger partial charge is 0.424 e. The summed E-state index contributed by atoms with van der Waals surface area (Å²) in [6.45, 7) is 26.8. The van der Waals surface area contributed by atoms with E-state index < -0.39 is 9.04 Å². The van der Waals surface area contributed by atoms with Gasteiger partial charge >= 0.3 is 247 Å². The van der Waals surface area contributed by atoms with Gasteiger partial charge in [0.25, 0.3) is 9.04 Å². The van der Waals surface area contributed by atoms with Crippen LogP contribution in [0.1, 0.15) is 66.8 Å². The molecular formula is C48H55Ge2OSi.